The van der Waals surface area contributed by atoms with E-state index in [1.165, 1.54) is 87.6 Å². The average molecular weight is 521 g/mol. The summed E-state index contributed by atoms with van der Waals surface area (Å²) < 4.78 is 0. The first-order valence-electron chi connectivity index (χ1n) is 14.5. The van der Waals surface area contributed by atoms with Crippen molar-refractivity contribution in [1.82, 2.24) is 0 Å². The highest BCUT2D eigenvalue weighted by Crippen LogP contribution is 2.50. The summed E-state index contributed by atoms with van der Waals surface area (Å²) in [6, 6.07) is 49.9. The highest BCUT2D eigenvalue weighted by molar-refractivity contribution is 6.26. The minimum Gasteiger partial charge on any atom is -0.0619 e. The Morgan fingerprint density at radius 1 is 0.366 bits per heavy atom. The predicted molar refractivity (Wildman–Crippen MR) is 176 cm³/mol. The number of fused-ring (bicyclic) bond motifs is 4. The van der Waals surface area contributed by atoms with E-state index in [-0.39, 0.29) is 5.41 Å². The topological polar surface area (TPSA) is 0 Å². The van der Waals surface area contributed by atoms with E-state index in [1.807, 2.05) is 0 Å². The number of hydrogen-bond acceptors (Lipinski definition) is 0. The lowest BCUT2D eigenvalue weighted by molar-refractivity contribution is 0.660. The van der Waals surface area contributed by atoms with Crippen molar-refractivity contribution in [3.63, 3.8) is 0 Å². The van der Waals surface area contributed by atoms with Gasteiger partial charge in [-0.15, -0.1) is 0 Å². The van der Waals surface area contributed by atoms with E-state index in [0.717, 1.165) is 0 Å². The zero-order valence-electron chi connectivity index (χ0n) is 23.2. The minimum absolute atomic E-state index is 0.0145. The molecule has 0 N–H and O–H groups in total. The van der Waals surface area contributed by atoms with Gasteiger partial charge in [0.25, 0.3) is 0 Å². The van der Waals surface area contributed by atoms with Crippen molar-refractivity contribution in [2.45, 2.75) is 19.3 Å². The molecule has 192 valence electrons. The van der Waals surface area contributed by atoms with Crippen LogP contribution < -0.4 is 0 Å². The largest absolute Gasteiger partial charge is 0.0619 e. The lowest BCUT2D eigenvalue weighted by atomic mass is 9.81. The zero-order valence-corrected chi connectivity index (χ0v) is 23.2. The van der Waals surface area contributed by atoms with E-state index < -0.39 is 0 Å². The van der Waals surface area contributed by atoms with Crippen LogP contribution in [0.4, 0.5) is 0 Å². The molecular formula is C41H28. The van der Waals surface area contributed by atoms with Crippen LogP contribution >= 0.6 is 0 Å². The second-order valence-corrected chi connectivity index (χ2v) is 12.1. The molecule has 9 rings (SSSR count). The highest BCUT2D eigenvalue weighted by atomic mass is 14.4. The van der Waals surface area contributed by atoms with Crippen molar-refractivity contribution in [3.8, 4) is 33.4 Å². The van der Waals surface area contributed by atoms with Crippen molar-refractivity contribution in [2.24, 2.45) is 0 Å². The van der Waals surface area contributed by atoms with Gasteiger partial charge in [-0.1, -0.05) is 141 Å². The van der Waals surface area contributed by atoms with Gasteiger partial charge in [0.05, 0.1) is 0 Å². The summed E-state index contributed by atoms with van der Waals surface area (Å²) in [5, 5.41) is 10.6. The molecule has 0 heteroatoms. The lowest BCUT2D eigenvalue weighted by Gasteiger charge is -2.22. The molecule has 1 aliphatic rings. The quantitative estimate of drug-likeness (QED) is 0.199. The van der Waals surface area contributed by atoms with Crippen LogP contribution in [0, 0.1) is 0 Å². The lowest BCUT2D eigenvalue weighted by Crippen LogP contribution is -2.14. The summed E-state index contributed by atoms with van der Waals surface area (Å²) in [5.74, 6) is 0. The van der Waals surface area contributed by atoms with Crippen molar-refractivity contribution in [1.29, 1.82) is 0 Å². The summed E-state index contributed by atoms with van der Waals surface area (Å²) in [4.78, 5) is 0. The summed E-state index contributed by atoms with van der Waals surface area (Å²) in [6.07, 6.45) is 0. The molecular weight excluding hydrogens is 492 g/mol. The fourth-order valence-electron chi connectivity index (χ4n) is 7.64. The summed E-state index contributed by atoms with van der Waals surface area (Å²) >= 11 is 0. The Labute approximate surface area is 239 Å². The predicted octanol–water partition coefficient (Wildman–Crippen LogP) is 11.4. The first-order valence-corrected chi connectivity index (χ1v) is 14.5. The maximum absolute atomic E-state index is 2.44. The third-order valence-corrected chi connectivity index (χ3v) is 9.64. The van der Waals surface area contributed by atoms with Gasteiger partial charge < -0.3 is 0 Å². The van der Waals surface area contributed by atoms with Crippen molar-refractivity contribution in [2.75, 3.05) is 0 Å². The summed E-state index contributed by atoms with van der Waals surface area (Å²) in [5.41, 5.74) is 10.7. The number of rotatable bonds is 2. The van der Waals surface area contributed by atoms with Crippen LogP contribution in [0.25, 0.3) is 76.5 Å². The number of benzene rings is 8. The Balaban J connectivity index is 1.27. The molecule has 0 saturated carbocycles. The molecule has 0 aromatic heterocycles. The van der Waals surface area contributed by atoms with Gasteiger partial charge in [0, 0.05) is 5.41 Å². The Kier molecular flexibility index (Phi) is 4.49. The van der Waals surface area contributed by atoms with E-state index >= 15 is 0 Å². The van der Waals surface area contributed by atoms with E-state index in [1.54, 1.807) is 0 Å². The summed E-state index contributed by atoms with van der Waals surface area (Å²) in [7, 11) is 0. The normalized spacial score (nSPS) is 13.8. The Hall–Kier alpha value is -4.94. The van der Waals surface area contributed by atoms with Crippen LogP contribution in [0.15, 0.2) is 133 Å². The second-order valence-electron chi connectivity index (χ2n) is 12.1. The minimum atomic E-state index is -0.0145. The third kappa shape index (κ3) is 3.05. The SMILES string of the molecule is CC1(C)c2ccccc2-c2ccc(-c3cccc4c(-c5ccc6ccc7cccc8ccc5c6c78)cccc34)cc21. The van der Waals surface area contributed by atoms with Crippen LogP contribution in [0.5, 0.6) is 0 Å². The standard InChI is InChI=1S/C41H28/c1-41(2)37-15-4-3-10-34(37)35-22-20-28(24-38(35)41)29-11-6-13-31-30(29)12-7-14-32(31)33-21-18-27-17-16-25-8-5-9-26-19-23-36(33)40(27)39(25)26/h3-24H,1-2H3. The maximum atomic E-state index is 2.44. The molecule has 0 unspecified atom stereocenters. The first kappa shape index (κ1) is 22.8. The molecule has 0 saturated heterocycles. The van der Waals surface area contributed by atoms with Gasteiger partial charge in [0.1, 0.15) is 0 Å². The van der Waals surface area contributed by atoms with Crippen molar-refractivity contribution < 1.29 is 0 Å². The molecule has 0 spiro atoms. The van der Waals surface area contributed by atoms with Gasteiger partial charge in [-0.2, -0.15) is 0 Å². The molecule has 0 aliphatic heterocycles. The third-order valence-electron chi connectivity index (χ3n) is 9.64. The first-order chi connectivity index (χ1) is 20.1. The number of hydrogen-bond donors (Lipinski definition) is 0. The van der Waals surface area contributed by atoms with E-state index in [9.17, 15) is 0 Å². The van der Waals surface area contributed by atoms with Crippen LogP contribution in [0.3, 0.4) is 0 Å². The van der Waals surface area contributed by atoms with E-state index in [4.69, 9.17) is 0 Å². The van der Waals surface area contributed by atoms with Gasteiger partial charge >= 0.3 is 0 Å². The Morgan fingerprint density at radius 3 is 1.76 bits per heavy atom. The monoisotopic (exact) mass is 520 g/mol. The average Bonchev–Trinajstić information content (AvgIpc) is 3.25. The second kappa shape index (κ2) is 8.05. The fourth-order valence-corrected chi connectivity index (χ4v) is 7.64. The molecule has 0 heterocycles. The molecule has 0 radical (unpaired) electrons. The molecule has 0 nitrogen and oxygen atoms in total. The van der Waals surface area contributed by atoms with E-state index in [0.29, 0.717) is 0 Å². The van der Waals surface area contributed by atoms with Gasteiger partial charge in [-0.25, -0.2) is 0 Å². The van der Waals surface area contributed by atoms with Crippen LogP contribution in [-0.2, 0) is 5.41 Å². The van der Waals surface area contributed by atoms with Gasteiger partial charge in [0.15, 0.2) is 0 Å². The Morgan fingerprint density at radius 2 is 0.927 bits per heavy atom. The highest BCUT2D eigenvalue weighted by Gasteiger charge is 2.35. The molecule has 0 atom stereocenters. The van der Waals surface area contributed by atoms with Crippen LogP contribution in [-0.4, -0.2) is 0 Å². The molecule has 0 bridgehead atoms. The molecule has 8 aromatic carbocycles. The van der Waals surface area contributed by atoms with Gasteiger partial charge in [-0.3, -0.25) is 0 Å². The van der Waals surface area contributed by atoms with Gasteiger partial charge in [0.2, 0.25) is 0 Å². The van der Waals surface area contributed by atoms with E-state index in [2.05, 4.69) is 147 Å². The molecule has 0 fully saturated rings. The smallest absolute Gasteiger partial charge is 0.0159 e. The Bertz CT molecular complexity index is 2320. The fraction of sp³-hybridized carbons (Fsp3) is 0.0732. The van der Waals surface area contributed by atoms with Crippen LogP contribution in [0.1, 0.15) is 25.0 Å². The molecule has 0 amide bonds. The van der Waals surface area contributed by atoms with Gasteiger partial charge in [-0.05, 0) is 93.7 Å². The summed E-state index contributed by atoms with van der Waals surface area (Å²) in [6.45, 7) is 4.72. The molecule has 8 aromatic rings. The molecule has 41 heavy (non-hydrogen) atoms. The van der Waals surface area contributed by atoms with Crippen LogP contribution in [0.2, 0.25) is 0 Å². The van der Waals surface area contributed by atoms with Crippen molar-refractivity contribution >= 4 is 43.1 Å². The molecule has 1 aliphatic carbocycles. The van der Waals surface area contributed by atoms with Crippen molar-refractivity contribution in [3.05, 3.63) is 145 Å². The zero-order chi connectivity index (χ0) is 27.3. The maximum Gasteiger partial charge on any atom is 0.0159 e.